The Morgan fingerprint density at radius 2 is 1.71 bits per heavy atom. The molecule has 0 spiro atoms. The molecule has 2 aromatic carbocycles. The van der Waals surface area contributed by atoms with Gasteiger partial charge in [0.15, 0.2) is 5.82 Å². The second kappa shape index (κ2) is 5.60. The van der Waals surface area contributed by atoms with Crippen molar-refractivity contribution in [2.45, 2.75) is 26.7 Å². The summed E-state index contributed by atoms with van der Waals surface area (Å²) >= 11 is 0. The largest absolute Gasteiger partial charge is 0.337 e. The van der Waals surface area contributed by atoms with Crippen molar-refractivity contribution in [1.82, 2.24) is 19.6 Å². The van der Waals surface area contributed by atoms with Gasteiger partial charge in [-0.2, -0.15) is 0 Å². The van der Waals surface area contributed by atoms with E-state index in [2.05, 4.69) is 53.6 Å². The number of nitrogens with zero attached hydrogens (tertiary/aromatic N) is 4. The van der Waals surface area contributed by atoms with Gasteiger partial charge >= 0.3 is 0 Å². The summed E-state index contributed by atoms with van der Waals surface area (Å²) in [5.41, 5.74) is 4.96. The summed E-state index contributed by atoms with van der Waals surface area (Å²) in [7, 11) is 0. The van der Waals surface area contributed by atoms with Gasteiger partial charge in [-0.05, 0) is 42.7 Å². The predicted molar refractivity (Wildman–Crippen MR) is 96.8 cm³/mol. The van der Waals surface area contributed by atoms with Crippen molar-refractivity contribution in [1.29, 1.82) is 0 Å². The first-order valence-corrected chi connectivity index (χ1v) is 8.11. The fraction of sp³-hybridized carbons (Fsp3) is 0.211. The van der Waals surface area contributed by atoms with Crippen LogP contribution < -0.4 is 5.32 Å². The molecule has 5 heteroatoms. The van der Waals surface area contributed by atoms with E-state index in [1.54, 1.807) is 0 Å². The van der Waals surface area contributed by atoms with Gasteiger partial charge in [-0.3, -0.25) is 4.40 Å². The zero-order valence-corrected chi connectivity index (χ0v) is 14.0. The highest BCUT2D eigenvalue weighted by atomic mass is 15.3. The van der Waals surface area contributed by atoms with Gasteiger partial charge < -0.3 is 5.32 Å². The van der Waals surface area contributed by atoms with E-state index in [-0.39, 0.29) is 0 Å². The lowest BCUT2D eigenvalue weighted by molar-refractivity contribution is 0.867. The zero-order chi connectivity index (χ0) is 16.7. The maximum atomic E-state index is 4.74. The number of fused-ring (bicyclic) bond motifs is 3. The minimum atomic E-state index is 0.517. The van der Waals surface area contributed by atoms with Crippen molar-refractivity contribution in [3.63, 3.8) is 0 Å². The van der Waals surface area contributed by atoms with Crippen molar-refractivity contribution >= 4 is 28.2 Å². The lowest BCUT2D eigenvalue weighted by Gasteiger charge is -2.11. The highest BCUT2D eigenvalue weighted by molar-refractivity contribution is 5.84. The second-order valence-corrected chi connectivity index (χ2v) is 6.26. The van der Waals surface area contributed by atoms with Crippen molar-refractivity contribution in [2.24, 2.45) is 0 Å². The summed E-state index contributed by atoms with van der Waals surface area (Å²) in [5.74, 6) is 2.08. The summed E-state index contributed by atoms with van der Waals surface area (Å²) in [4.78, 5) is 4.74. The van der Waals surface area contributed by atoms with E-state index in [1.807, 2.05) is 35.6 Å². The Kier molecular flexibility index (Phi) is 3.41. The third-order valence-electron chi connectivity index (χ3n) is 4.23. The molecular weight excluding hydrogens is 298 g/mol. The van der Waals surface area contributed by atoms with Gasteiger partial charge in [-0.15, -0.1) is 10.2 Å². The van der Waals surface area contributed by atoms with E-state index in [4.69, 9.17) is 4.98 Å². The van der Waals surface area contributed by atoms with Crippen LogP contribution in [0.5, 0.6) is 0 Å². The molecule has 2 heterocycles. The molecule has 4 rings (SSSR count). The number of aryl methyl sites for hydroxylation is 1. The van der Waals surface area contributed by atoms with Crippen LogP contribution in [0.1, 0.15) is 31.2 Å². The maximum Gasteiger partial charge on any atom is 0.204 e. The average molecular weight is 317 g/mol. The first-order valence-electron chi connectivity index (χ1n) is 8.11. The van der Waals surface area contributed by atoms with Gasteiger partial charge in [0.1, 0.15) is 5.82 Å². The monoisotopic (exact) mass is 317 g/mol. The third kappa shape index (κ3) is 2.38. The molecule has 0 amide bonds. The molecule has 0 saturated heterocycles. The smallest absolute Gasteiger partial charge is 0.204 e. The Morgan fingerprint density at radius 1 is 0.958 bits per heavy atom. The molecule has 0 unspecified atom stereocenters. The average Bonchev–Trinajstić information content (AvgIpc) is 2.98. The molecule has 0 aliphatic carbocycles. The molecule has 0 radical (unpaired) electrons. The van der Waals surface area contributed by atoms with Crippen LogP contribution in [0.3, 0.4) is 0 Å². The van der Waals surface area contributed by atoms with Crippen LogP contribution in [-0.4, -0.2) is 19.6 Å². The number of para-hydroxylation sites is 2. The minimum Gasteiger partial charge on any atom is -0.337 e. The van der Waals surface area contributed by atoms with E-state index >= 15 is 0 Å². The number of nitrogens with one attached hydrogen (secondary N) is 1. The highest BCUT2D eigenvalue weighted by Gasteiger charge is 2.13. The summed E-state index contributed by atoms with van der Waals surface area (Å²) in [6.07, 6.45) is 0. The normalized spacial score (nSPS) is 11.5. The lowest BCUT2D eigenvalue weighted by Crippen LogP contribution is -2.01. The fourth-order valence-electron chi connectivity index (χ4n) is 2.89. The molecule has 1 N–H and O–H groups in total. The lowest BCUT2D eigenvalue weighted by atomic mass is 10.0. The van der Waals surface area contributed by atoms with E-state index in [1.165, 1.54) is 5.56 Å². The Bertz CT molecular complexity index is 1020. The molecule has 0 atom stereocenters. The summed E-state index contributed by atoms with van der Waals surface area (Å²) in [6.45, 7) is 6.33. The summed E-state index contributed by atoms with van der Waals surface area (Å²) < 4.78 is 2.03. The number of hydrogen-bond acceptors (Lipinski definition) is 4. The van der Waals surface area contributed by atoms with E-state index in [0.717, 1.165) is 28.2 Å². The van der Waals surface area contributed by atoms with Crippen LogP contribution in [0.4, 0.5) is 11.5 Å². The Hall–Kier alpha value is -2.95. The van der Waals surface area contributed by atoms with Crippen molar-refractivity contribution < 1.29 is 0 Å². The third-order valence-corrected chi connectivity index (χ3v) is 4.23. The van der Waals surface area contributed by atoms with E-state index in [9.17, 15) is 0 Å². The number of anilines is 2. The van der Waals surface area contributed by atoms with Crippen LogP contribution >= 0.6 is 0 Å². The van der Waals surface area contributed by atoms with Gasteiger partial charge in [-0.1, -0.05) is 38.1 Å². The zero-order valence-electron chi connectivity index (χ0n) is 14.0. The van der Waals surface area contributed by atoms with Gasteiger partial charge in [0.05, 0.1) is 11.0 Å². The van der Waals surface area contributed by atoms with Crippen LogP contribution in [-0.2, 0) is 0 Å². The number of rotatable bonds is 3. The van der Waals surface area contributed by atoms with Crippen molar-refractivity contribution in [3.8, 4) is 0 Å². The van der Waals surface area contributed by atoms with Crippen LogP contribution in [0.15, 0.2) is 48.5 Å². The Balaban J connectivity index is 1.83. The molecule has 0 fully saturated rings. The number of aromatic nitrogens is 4. The predicted octanol–water partition coefficient (Wildman–Crippen LogP) is 4.45. The summed E-state index contributed by atoms with van der Waals surface area (Å²) in [6, 6.07) is 16.5. The summed E-state index contributed by atoms with van der Waals surface area (Å²) in [5, 5.41) is 11.9. The minimum absolute atomic E-state index is 0.517. The molecule has 2 aromatic heterocycles. The van der Waals surface area contributed by atoms with Crippen LogP contribution in [0, 0.1) is 6.92 Å². The molecule has 0 saturated carbocycles. The number of benzene rings is 2. The standard InChI is InChI=1S/C19H19N5/c1-12(2)14-8-10-15(11-9-14)20-18-19-23-22-13(3)24(19)17-7-5-4-6-16(17)21-18/h4-12H,1-3H3,(H,20,21). The van der Waals surface area contributed by atoms with Crippen LogP contribution in [0.2, 0.25) is 0 Å². The first-order chi connectivity index (χ1) is 11.6. The van der Waals surface area contributed by atoms with Gasteiger partial charge in [0.25, 0.3) is 0 Å². The van der Waals surface area contributed by atoms with Gasteiger partial charge in [-0.25, -0.2) is 4.98 Å². The molecule has 0 aliphatic heterocycles. The molecule has 0 bridgehead atoms. The Morgan fingerprint density at radius 3 is 2.46 bits per heavy atom. The molecule has 24 heavy (non-hydrogen) atoms. The van der Waals surface area contributed by atoms with Crippen LogP contribution in [0.25, 0.3) is 16.7 Å². The molecule has 120 valence electrons. The SMILES string of the molecule is Cc1nnc2c(Nc3ccc(C(C)C)cc3)nc3ccccc3n12. The molecule has 5 nitrogen and oxygen atoms in total. The van der Waals surface area contributed by atoms with Gasteiger partial charge in [0, 0.05) is 5.69 Å². The highest BCUT2D eigenvalue weighted by Crippen LogP contribution is 2.25. The molecular formula is C19H19N5. The van der Waals surface area contributed by atoms with E-state index in [0.29, 0.717) is 11.7 Å². The van der Waals surface area contributed by atoms with E-state index < -0.39 is 0 Å². The maximum absolute atomic E-state index is 4.74. The van der Waals surface area contributed by atoms with Gasteiger partial charge in [0.2, 0.25) is 5.65 Å². The topological polar surface area (TPSA) is 55.1 Å². The first kappa shape index (κ1) is 14.6. The Labute approximate surface area is 140 Å². The quantitative estimate of drug-likeness (QED) is 0.606. The number of hydrogen-bond donors (Lipinski definition) is 1. The fourth-order valence-corrected chi connectivity index (χ4v) is 2.89. The second-order valence-electron chi connectivity index (χ2n) is 6.26. The van der Waals surface area contributed by atoms with Crippen molar-refractivity contribution in [2.75, 3.05) is 5.32 Å². The molecule has 4 aromatic rings. The molecule has 0 aliphatic rings. The van der Waals surface area contributed by atoms with Crippen molar-refractivity contribution in [3.05, 3.63) is 59.9 Å².